The van der Waals surface area contributed by atoms with Crippen LogP contribution in [-0.2, 0) is 5.41 Å². The molecule has 2 N–H and O–H groups in total. The van der Waals surface area contributed by atoms with Crippen molar-refractivity contribution in [2.45, 2.75) is 31.4 Å². The van der Waals surface area contributed by atoms with Gasteiger partial charge in [-0.15, -0.1) is 0 Å². The number of aryl methyl sites for hydroxylation is 1. The molecule has 1 aromatic carbocycles. The maximum absolute atomic E-state index is 13.6. The van der Waals surface area contributed by atoms with Crippen molar-refractivity contribution in [3.8, 4) is 0 Å². The molecule has 0 atom stereocenters. The fourth-order valence-corrected chi connectivity index (χ4v) is 2.87. The maximum atomic E-state index is 13.6. The number of aromatic nitrogens is 2. The van der Waals surface area contributed by atoms with E-state index in [4.69, 9.17) is 10.3 Å². The number of benzene rings is 1. The zero-order valence-electron chi connectivity index (χ0n) is 14.1. The Morgan fingerprint density at radius 1 is 1.35 bits per heavy atom. The molecule has 138 valence electrons. The lowest BCUT2D eigenvalue weighted by molar-refractivity contribution is -0.0577. The van der Waals surface area contributed by atoms with Crippen molar-refractivity contribution in [2.75, 3.05) is 7.05 Å². The highest BCUT2D eigenvalue weighted by Crippen LogP contribution is 2.53. The molecule has 0 spiro atoms. The van der Waals surface area contributed by atoms with Gasteiger partial charge in [0.25, 0.3) is 5.89 Å². The van der Waals surface area contributed by atoms with E-state index in [0.717, 1.165) is 18.2 Å². The molecule has 0 amide bonds. The van der Waals surface area contributed by atoms with E-state index in [1.165, 1.54) is 12.1 Å². The van der Waals surface area contributed by atoms with Gasteiger partial charge in [-0.2, -0.15) is 18.2 Å². The number of halogens is 4. The van der Waals surface area contributed by atoms with Crippen molar-refractivity contribution in [1.82, 2.24) is 10.1 Å². The fourth-order valence-electron chi connectivity index (χ4n) is 2.87. The minimum absolute atomic E-state index is 0.231. The molecule has 0 saturated heterocycles. The fraction of sp³-hybridized carbons (Fsp3) is 0.353. The first-order chi connectivity index (χ1) is 12.2. The summed E-state index contributed by atoms with van der Waals surface area (Å²) in [7, 11) is 1.01. The smallest absolute Gasteiger partial charge is 0.394 e. The van der Waals surface area contributed by atoms with Crippen LogP contribution in [0.3, 0.4) is 0 Å². The van der Waals surface area contributed by atoms with Crippen LogP contribution in [0.4, 0.5) is 17.6 Å². The summed E-state index contributed by atoms with van der Waals surface area (Å²) in [5.74, 6) is -0.334. The standard InChI is InChI=1S/C17H16F4N4O/c1-9-3-4-10(18)7-11(9)16(5-6-16)15-24-14(26-25-15)12(22)8-13(23-2)17(19,20)21/h3-4,7-8H,5-6,22H2,1-2H3/b12-8-,23-13?. The molecular weight excluding hydrogens is 352 g/mol. The first-order valence-electron chi connectivity index (χ1n) is 7.80. The van der Waals surface area contributed by atoms with Gasteiger partial charge in [0.1, 0.15) is 11.5 Å². The maximum Gasteiger partial charge on any atom is 0.432 e. The molecule has 1 aliphatic carbocycles. The van der Waals surface area contributed by atoms with E-state index in [9.17, 15) is 17.6 Å². The minimum atomic E-state index is -4.64. The Morgan fingerprint density at radius 3 is 2.62 bits per heavy atom. The Morgan fingerprint density at radius 2 is 2.04 bits per heavy atom. The molecule has 0 radical (unpaired) electrons. The monoisotopic (exact) mass is 368 g/mol. The van der Waals surface area contributed by atoms with Crippen molar-refractivity contribution in [1.29, 1.82) is 0 Å². The van der Waals surface area contributed by atoms with Crippen LogP contribution >= 0.6 is 0 Å². The molecule has 3 rings (SSSR count). The number of allylic oxidation sites excluding steroid dienone is 1. The summed E-state index contributed by atoms with van der Waals surface area (Å²) in [6.07, 6.45) is -2.63. The molecule has 26 heavy (non-hydrogen) atoms. The van der Waals surface area contributed by atoms with Crippen molar-refractivity contribution in [3.63, 3.8) is 0 Å². The van der Waals surface area contributed by atoms with E-state index in [-0.39, 0.29) is 23.2 Å². The topological polar surface area (TPSA) is 77.3 Å². The highest BCUT2D eigenvalue weighted by Gasteiger charge is 2.51. The summed E-state index contributed by atoms with van der Waals surface area (Å²) in [6, 6.07) is 4.44. The Bertz CT molecular complexity index is 894. The third-order valence-corrected chi connectivity index (χ3v) is 4.39. The van der Waals surface area contributed by atoms with Gasteiger partial charge in [0, 0.05) is 7.05 Å². The van der Waals surface area contributed by atoms with Crippen LogP contribution in [0.15, 0.2) is 33.8 Å². The molecule has 0 bridgehead atoms. The van der Waals surface area contributed by atoms with Crippen molar-refractivity contribution >= 4 is 11.4 Å². The van der Waals surface area contributed by atoms with Gasteiger partial charge in [0.05, 0.1) is 11.1 Å². The van der Waals surface area contributed by atoms with Gasteiger partial charge in [0.15, 0.2) is 5.82 Å². The predicted molar refractivity (Wildman–Crippen MR) is 87.0 cm³/mol. The predicted octanol–water partition coefficient (Wildman–Crippen LogP) is 3.53. The lowest BCUT2D eigenvalue weighted by Gasteiger charge is -2.14. The highest BCUT2D eigenvalue weighted by atomic mass is 19.4. The van der Waals surface area contributed by atoms with Crippen LogP contribution in [0.25, 0.3) is 5.70 Å². The Labute approximate surface area is 146 Å². The second kappa shape index (κ2) is 6.22. The molecule has 1 heterocycles. The lowest BCUT2D eigenvalue weighted by Crippen LogP contribution is -2.22. The number of nitrogens with two attached hydrogens (primary N) is 1. The normalized spacial score (nSPS) is 17.5. The number of hydrogen-bond acceptors (Lipinski definition) is 5. The number of nitrogens with zero attached hydrogens (tertiary/aromatic N) is 3. The van der Waals surface area contributed by atoms with E-state index < -0.39 is 17.3 Å². The Kier molecular flexibility index (Phi) is 4.33. The first kappa shape index (κ1) is 18.1. The summed E-state index contributed by atoms with van der Waals surface area (Å²) in [4.78, 5) is 7.31. The SMILES string of the molecule is CN=C(/C=C(\N)c1nc(C2(c3cc(F)ccc3C)CC2)no1)C(F)(F)F. The van der Waals surface area contributed by atoms with Crippen molar-refractivity contribution in [3.05, 3.63) is 52.9 Å². The molecule has 0 aliphatic heterocycles. The van der Waals surface area contributed by atoms with Gasteiger partial charge < -0.3 is 10.3 Å². The Hall–Kier alpha value is -2.71. The average Bonchev–Trinajstić information content (AvgIpc) is 3.22. The van der Waals surface area contributed by atoms with Gasteiger partial charge in [-0.3, -0.25) is 4.99 Å². The molecule has 1 fully saturated rings. The summed E-state index contributed by atoms with van der Waals surface area (Å²) in [5, 5.41) is 3.86. The molecule has 1 aromatic heterocycles. The van der Waals surface area contributed by atoms with Gasteiger partial charge in [-0.1, -0.05) is 11.2 Å². The largest absolute Gasteiger partial charge is 0.432 e. The van der Waals surface area contributed by atoms with Crippen LogP contribution < -0.4 is 5.73 Å². The van der Waals surface area contributed by atoms with Crippen molar-refractivity contribution < 1.29 is 22.1 Å². The van der Waals surface area contributed by atoms with Crippen LogP contribution in [-0.4, -0.2) is 29.1 Å². The summed E-state index contributed by atoms with van der Waals surface area (Å²) >= 11 is 0. The Balaban J connectivity index is 1.94. The van der Waals surface area contributed by atoms with E-state index in [0.29, 0.717) is 18.9 Å². The van der Waals surface area contributed by atoms with Gasteiger partial charge in [-0.05, 0) is 49.1 Å². The molecule has 2 aromatic rings. The summed E-state index contributed by atoms with van der Waals surface area (Å²) < 4.78 is 57.0. The van der Waals surface area contributed by atoms with Crippen LogP contribution in [0.1, 0.15) is 35.7 Å². The van der Waals surface area contributed by atoms with E-state index >= 15 is 0 Å². The number of hydrogen-bond donors (Lipinski definition) is 1. The molecule has 5 nitrogen and oxygen atoms in total. The zero-order chi connectivity index (χ0) is 19.1. The average molecular weight is 368 g/mol. The molecule has 9 heteroatoms. The summed E-state index contributed by atoms with van der Waals surface area (Å²) in [5.41, 5.74) is 5.18. The molecule has 0 unspecified atom stereocenters. The van der Waals surface area contributed by atoms with E-state index in [1.54, 1.807) is 6.07 Å². The lowest BCUT2D eigenvalue weighted by atomic mass is 9.91. The van der Waals surface area contributed by atoms with Crippen LogP contribution in [0.2, 0.25) is 0 Å². The highest BCUT2D eigenvalue weighted by molar-refractivity contribution is 6.03. The second-order valence-electron chi connectivity index (χ2n) is 6.17. The van der Waals surface area contributed by atoms with Gasteiger partial charge in [0.2, 0.25) is 0 Å². The third kappa shape index (κ3) is 3.21. The zero-order valence-corrected chi connectivity index (χ0v) is 14.1. The van der Waals surface area contributed by atoms with Crippen molar-refractivity contribution in [2.24, 2.45) is 10.7 Å². The van der Waals surface area contributed by atoms with Crippen LogP contribution in [0, 0.1) is 12.7 Å². The number of aliphatic imine (C=N–C) groups is 1. The van der Waals surface area contributed by atoms with Gasteiger partial charge in [-0.25, -0.2) is 4.39 Å². The minimum Gasteiger partial charge on any atom is -0.394 e. The number of rotatable bonds is 4. The molecule has 1 saturated carbocycles. The third-order valence-electron chi connectivity index (χ3n) is 4.39. The molecule has 1 aliphatic rings. The summed E-state index contributed by atoms with van der Waals surface area (Å²) in [6.45, 7) is 1.84. The number of alkyl halides is 3. The van der Waals surface area contributed by atoms with E-state index in [2.05, 4.69) is 15.1 Å². The van der Waals surface area contributed by atoms with Gasteiger partial charge >= 0.3 is 6.18 Å². The quantitative estimate of drug-likeness (QED) is 0.662. The first-order valence-corrected chi connectivity index (χ1v) is 7.80. The molecular formula is C17H16F4N4O. The second-order valence-corrected chi connectivity index (χ2v) is 6.17. The van der Waals surface area contributed by atoms with Crippen LogP contribution in [0.5, 0.6) is 0 Å². The van der Waals surface area contributed by atoms with E-state index in [1.807, 2.05) is 6.92 Å².